The summed E-state index contributed by atoms with van der Waals surface area (Å²) in [5.41, 5.74) is 0.732. The molecule has 0 saturated heterocycles. The van der Waals surface area contributed by atoms with Gasteiger partial charge in [0.25, 0.3) is 0 Å². The largest absolute Gasteiger partial charge is 0.494 e. The molecule has 1 atom stereocenters. The van der Waals surface area contributed by atoms with E-state index in [0.717, 1.165) is 10.5 Å². The molecule has 23 heavy (non-hydrogen) atoms. The Morgan fingerprint density at radius 2 is 1.96 bits per heavy atom. The van der Waals surface area contributed by atoms with Gasteiger partial charge in [-0.3, -0.25) is 4.79 Å². The van der Waals surface area contributed by atoms with Crippen LogP contribution in [0.25, 0.3) is 0 Å². The van der Waals surface area contributed by atoms with Crippen LogP contribution < -0.4 is 4.74 Å². The number of carbonyl (C=O) groups is 1. The number of rotatable bonds is 6. The van der Waals surface area contributed by atoms with Crippen LogP contribution in [0.1, 0.15) is 12.5 Å². The van der Waals surface area contributed by atoms with Crippen LogP contribution in [0.2, 0.25) is 0 Å². The number of halogens is 1. The molecule has 2 aromatic carbocycles. The molecule has 5 heteroatoms. The molecule has 0 saturated carbocycles. The predicted octanol–water partition coefficient (Wildman–Crippen LogP) is 3.97. The average Bonchev–Trinajstić information content (AvgIpc) is 2.55. The molecule has 1 amide bonds. The van der Waals surface area contributed by atoms with Gasteiger partial charge >= 0.3 is 0 Å². The molecule has 0 bridgehead atoms. The van der Waals surface area contributed by atoms with Gasteiger partial charge in [-0.25, -0.2) is 4.39 Å². The quantitative estimate of drug-likeness (QED) is 0.749. The van der Waals surface area contributed by atoms with E-state index < -0.39 is 5.82 Å². The second kappa shape index (κ2) is 8.02. The molecule has 2 rings (SSSR count). The fourth-order valence-corrected chi connectivity index (χ4v) is 3.23. The van der Waals surface area contributed by atoms with Gasteiger partial charge in [0, 0.05) is 18.5 Å². The van der Waals surface area contributed by atoms with Crippen LogP contribution in [0.3, 0.4) is 0 Å². The minimum atomic E-state index is -0.419. The van der Waals surface area contributed by atoms with Crippen molar-refractivity contribution in [3.05, 3.63) is 59.9 Å². The third-order valence-corrected chi connectivity index (χ3v) is 4.52. The first-order valence-corrected chi connectivity index (χ1v) is 8.18. The molecule has 0 aliphatic rings. The van der Waals surface area contributed by atoms with Crippen molar-refractivity contribution in [2.75, 3.05) is 14.2 Å². The summed E-state index contributed by atoms with van der Waals surface area (Å²) in [6.07, 6.45) is 0. The van der Waals surface area contributed by atoms with Crippen LogP contribution in [0.5, 0.6) is 5.75 Å². The number of benzene rings is 2. The van der Waals surface area contributed by atoms with E-state index in [1.54, 1.807) is 24.1 Å². The van der Waals surface area contributed by atoms with Gasteiger partial charge < -0.3 is 9.64 Å². The number of carbonyl (C=O) groups excluding carboxylic acids is 1. The number of hydrogen-bond acceptors (Lipinski definition) is 3. The molecule has 1 unspecified atom stereocenters. The lowest BCUT2D eigenvalue weighted by atomic mass is 10.2. The lowest BCUT2D eigenvalue weighted by Crippen LogP contribution is -2.32. The molecule has 2 aromatic rings. The molecule has 0 spiro atoms. The van der Waals surface area contributed by atoms with Gasteiger partial charge in [0.2, 0.25) is 5.91 Å². The highest BCUT2D eigenvalue weighted by Gasteiger charge is 2.19. The SMILES string of the molecule is COc1ccc(CN(C)C(=O)C(C)Sc2ccccc2)cc1F. The van der Waals surface area contributed by atoms with E-state index in [4.69, 9.17) is 4.74 Å². The highest BCUT2D eigenvalue weighted by Crippen LogP contribution is 2.24. The van der Waals surface area contributed by atoms with Gasteiger partial charge in [0.1, 0.15) is 0 Å². The van der Waals surface area contributed by atoms with Crippen molar-refractivity contribution in [3.63, 3.8) is 0 Å². The van der Waals surface area contributed by atoms with E-state index in [0.29, 0.717) is 6.54 Å². The molecule has 0 aliphatic carbocycles. The van der Waals surface area contributed by atoms with Gasteiger partial charge in [0.05, 0.1) is 12.4 Å². The minimum absolute atomic E-state index is 0.00933. The predicted molar refractivity (Wildman–Crippen MR) is 91.2 cm³/mol. The van der Waals surface area contributed by atoms with E-state index in [9.17, 15) is 9.18 Å². The van der Waals surface area contributed by atoms with Crippen LogP contribution in [0.15, 0.2) is 53.4 Å². The van der Waals surface area contributed by atoms with Crippen molar-refractivity contribution < 1.29 is 13.9 Å². The van der Waals surface area contributed by atoms with Crippen molar-refractivity contribution in [1.82, 2.24) is 4.90 Å². The smallest absolute Gasteiger partial charge is 0.235 e. The molecule has 0 N–H and O–H groups in total. The van der Waals surface area contributed by atoms with Crippen LogP contribution in [-0.4, -0.2) is 30.2 Å². The summed E-state index contributed by atoms with van der Waals surface area (Å²) in [7, 11) is 3.16. The Bertz CT molecular complexity index is 663. The van der Waals surface area contributed by atoms with Crippen LogP contribution in [0, 0.1) is 5.82 Å². The van der Waals surface area contributed by atoms with E-state index in [-0.39, 0.29) is 16.9 Å². The molecule has 0 aliphatic heterocycles. The normalized spacial score (nSPS) is 11.8. The summed E-state index contributed by atoms with van der Waals surface area (Å²) in [6.45, 7) is 2.24. The summed E-state index contributed by atoms with van der Waals surface area (Å²) in [5.74, 6) is -0.205. The molecule has 0 aromatic heterocycles. The minimum Gasteiger partial charge on any atom is -0.494 e. The fourth-order valence-electron chi connectivity index (χ4n) is 2.22. The molecular weight excluding hydrogens is 313 g/mol. The molecular formula is C18H20FNO2S. The summed E-state index contributed by atoms with van der Waals surface area (Å²) < 4.78 is 18.6. The Kier molecular flexibility index (Phi) is 6.04. The standard InChI is InChI=1S/C18H20FNO2S/c1-13(23-15-7-5-4-6-8-15)18(21)20(2)12-14-9-10-17(22-3)16(19)11-14/h4-11,13H,12H2,1-3H3. The van der Waals surface area contributed by atoms with Crippen molar-refractivity contribution in [2.24, 2.45) is 0 Å². The number of amides is 1. The zero-order valence-corrected chi connectivity index (χ0v) is 14.3. The van der Waals surface area contributed by atoms with Crippen LogP contribution >= 0.6 is 11.8 Å². The fraction of sp³-hybridized carbons (Fsp3) is 0.278. The Labute approximate surface area is 140 Å². The van der Waals surface area contributed by atoms with E-state index in [1.165, 1.54) is 24.9 Å². The zero-order valence-electron chi connectivity index (χ0n) is 13.5. The highest BCUT2D eigenvalue weighted by atomic mass is 32.2. The topological polar surface area (TPSA) is 29.5 Å². The first kappa shape index (κ1) is 17.3. The maximum Gasteiger partial charge on any atom is 0.235 e. The second-order valence-electron chi connectivity index (χ2n) is 5.24. The number of methoxy groups -OCH3 is 1. The average molecular weight is 333 g/mol. The summed E-state index contributed by atoms with van der Waals surface area (Å²) in [5, 5.41) is -0.203. The van der Waals surface area contributed by atoms with Crippen LogP contribution in [-0.2, 0) is 11.3 Å². The number of hydrogen-bond donors (Lipinski definition) is 0. The molecule has 0 heterocycles. The maximum absolute atomic E-state index is 13.7. The van der Waals surface area contributed by atoms with E-state index >= 15 is 0 Å². The Morgan fingerprint density at radius 1 is 1.26 bits per heavy atom. The van der Waals surface area contributed by atoms with Crippen molar-refractivity contribution in [1.29, 1.82) is 0 Å². The zero-order chi connectivity index (χ0) is 16.8. The van der Waals surface area contributed by atoms with Crippen molar-refractivity contribution >= 4 is 17.7 Å². The maximum atomic E-state index is 13.7. The first-order valence-electron chi connectivity index (χ1n) is 7.30. The Morgan fingerprint density at radius 3 is 2.57 bits per heavy atom. The number of nitrogens with zero attached hydrogens (tertiary/aromatic N) is 1. The van der Waals surface area contributed by atoms with Crippen molar-refractivity contribution in [3.8, 4) is 5.75 Å². The van der Waals surface area contributed by atoms with Gasteiger partial charge in [-0.1, -0.05) is 24.3 Å². The summed E-state index contributed by atoms with van der Waals surface area (Å²) in [6, 6.07) is 14.5. The third-order valence-electron chi connectivity index (χ3n) is 3.42. The first-order chi connectivity index (χ1) is 11.0. The highest BCUT2D eigenvalue weighted by molar-refractivity contribution is 8.00. The van der Waals surface area contributed by atoms with Gasteiger partial charge in [-0.05, 0) is 36.8 Å². The van der Waals surface area contributed by atoms with Gasteiger partial charge in [-0.2, -0.15) is 0 Å². The van der Waals surface area contributed by atoms with Crippen molar-refractivity contribution in [2.45, 2.75) is 23.6 Å². The lowest BCUT2D eigenvalue weighted by molar-refractivity contribution is -0.129. The van der Waals surface area contributed by atoms with E-state index in [2.05, 4.69) is 0 Å². The third kappa shape index (κ3) is 4.73. The number of ether oxygens (including phenoxy) is 1. The molecule has 0 fully saturated rings. The molecule has 3 nitrogen and oxygen atoms in total. The number of thioether (sulfide) groups is 1. The molecule has 0 radical (unpaired) electrons. The summed E-state index contributed by atoms with van der Waals surface area (Å²) in [4.78, 5) is 15.1. The monoisotopic (exact) mass is 333 g/mol. The lowest BCUT2D eigenvalue weighted by Gasteiger charge is -2.21. The van der Waals surface area contributed by atoms with Gasteiger partial charge in [-0.15, -0.1) is 11.8 Å². The Balaban J connectivity index is 1.98. The molecule has 122 valence electrons. The summed E-state index contributed by atoms with van der Waals surface area (Å²) >= 11 is 1.51. The van der Waals surface area contributed by atoms with Crippen LogP contribution in [0.4, 0.5) is 4.39 Å². The van der Waals surface area contributed by atoms with E-state index in [1.807, 2.05) is 37.3 Å². The Hall–Kier alpha value is -2.01. The second-order valence-corrected chi connectivity index (χ2v) is 6.65. The van der Waals surface area contributed by atoms with Gasteiger partial charge in [0.15, 0.2) is 11.6 Å².